The lowest BCUT2D eigenvalue weighted by Crippen LogP contribution is -2.49. The molecule has 2 fully saturated rings. The Morgan fingerprint density at radius 2 is 2.36 bits per heavy atom. The van der Waals surface area contributed by atoms with E-state index in [1.54, 1.807) is 0 Å². The molecule has 3 nitrogen and oxygen atoms in total. The van der Waals surface area contributed by atoms with Crippen molar-refractivity contribution in [2.24, 2.45) is 5.92 Å². The highest BCUT2D eigenvalue weighted by atomic mass is 32.2. The monoisotopic (exact) mass is 214 g/mol. The van der Waals surface area contributed by atoms with Crippen LogP contribution in [0.5, 0.6) is 0 Å². The van der Waals surface area contributed by atoms with Gasteiger partial charge in [-0.1, -0.05) is 0 Å². The van der Waals surface area contributed by atoms with Gasteiger partial charge in [0.15, 0.2) is 0 Å². The van der Waals surface area contributed by atoms with Gasteiger partial charge in [-0.3, -0.25) is 4.79 Å². The van der Waals surface area contributed by atoms with E-state index < -0.39 is 0 Å². The van der Waals surface area contributed by atoms with Crippen LogP contribution in [0.1, 0.15) is 12.8 Å². The Labute approximate surface area is 89.6 Å². The van der Waals surface area contributed by atoms with Crippen LogP contribution in [-0.4, -0.2) is 48.5 Å². The predicted octanol–water partition coefficient (Wildman–Crippen LogP) is 0.560. The summed E-state index contributed by atoms with van der Waals surface area (Å²) in [5.74, 6) is 3.15. The molecule has 4 heteroatoms. The van der Waals surface area contributed by atoms with Gasteiger partial charge in [0.25, 0.3) is 0 Å². The number of nitrogens with one attached hydrogen (secondary N) is 1. The SMILES string of the molecule is CN(CC1CC1)C(=O)C1CSCCN1. The minimum atomic E-state index is 0.0671. The summed E-state index contributed by atoms with van der Waals surface area (Å²) in [5.41, 5.74) is 0. The van der Waals surface area contributed by atoms with Crippen molar-refractivity contribution in [3.8, 4) is 0 Å². The molecule has 1 saturated carbocycles. The summed E-state index contributed by atoms with van der Waals surface area (Å²) in [5, 5.41) is 3.28. The highest BCUT2D eigenvalue weighted by Gasteiger charge is 2.28. The van der Waals surface area contributed by atoms with Crippen LogP contribution in [0, 0.1) is 5.92 Å². The third kappa shape index (κ3) is 2.64. The van der Waals surface area contributed by atoms with E-state index in [1.165, 1.54) is 12.8 Å². The number of hydrogen-bond acceptors (Lipinski definition) is 3. The van der Waals surface area contributed by atoms with E-state index >= 15 is 0 Å². The molecule has 1 saturated heterocycles. The second-order valence-electron chi connectivity index (χ2n) is 4.24. The van der Waals surface area contributed by atoms with Crippen LogP contribution >= 0.6 is 11.8 Å². The highest BCUT2D eigenvalue weighted by molar-refractivity contribution is 7.99. The molecule has 0 spiro atoms. The molecule has 1 amide bonds. The maximum atomic E-state index is 11.9. The third-order valence-corrected chi connectivity index (χ3v) is 3.89. The number of carbonyl (C=O) groups excluding carboxylic acids is 1. The zero-order valence-electron chi connectivity index (χ0n) is 8.66. The first kappa shape index (κ1) is 10.3. The molecule has 1 aliphatic heterocycles. The van der Waals surface area contributed by atoms with E-state index in [4.69, 9.17) is 0 Å². The number of likely N-dealkylation sites (N-methyl/N-ethyl adjacent to an activating group) is 1. The van der Waals surface area contributed by atoms with Crippen LogP contribution in [0.25, 0.3) is 0 Å². The fraction of sp³-hybridized carbons (Fsp3) is 0.900. The third-order valence-electron chi connectivity index (χ3n) is 2.82. The molecule has 80 valence electrons. The van der Waals surface area contributed by atoms with E-state index in [0.29, 0.717) is 0 Å². The molecule has 0 aromatic rings. The molecule has 14 heavy (non-hydrogen) atoms. The quantitative estimate of drug-likeness (QED) is 0.745. The van der Waals surface area contributed by atoms with Gasteiger partial charge in [0.1, 0.15) is 0 Å². The lowest BCUT2D eigenvalue weighted by Gasteiger charge is -2.27. The zero-order chi connectivity index (χ0) is 9.97. The standard InChI is InChI=1S/C10H18N2OS/c1-12(6-8-2-3-8)10(13)9-7-14-5-4-11-9/h8-9,11H,2-7H2,1H3. The van der Waals surface area contributed by atoms with Crippen molar-refractivity contribution in [2.75, 3.05) is 31.6 Å². The van der Waals surface area contributed by atoms with E-state index in [0.717, 1.165) is 30.5 Å². The molecule has 1 atom stereocenters. The lowest BCUT2D eigenvalue weighted by atomic mass is 10.2. The molecular formula is C10H18N2OS. The molecule has 1 heterocycles. The number of hydrogen-bond donors (Lipinski definition) is 1. The van der Waals surface area contributed by atoms with E-state index in [1.807, 2.05) is 23.7 Å². The summed E-state index contributed by atoms with van der Waals surface area (Å²) in [6.45, 7) is 1.93. The topological polar surface area (TPSA) is 32.3 Å². The average Bonchev–Trinajstić information content (AvgIpc) is 3.02. The Balaban J connectivity index is 1.79. The van der Waals surface area contributed by atoms with Gasteiger partial charge in [-0.15, -0.1) is 0 Å². The van der Waals surface area contributed by atoms with Gasteiger partial charge >= 0.3 is 0 Å². The minimum absolute atomic E-state index is 0.0671. The summed E-state index contributed by atoms with van der Waals surface area (Å²) >= 11 is 1.87. The first-order chi connectivity index (χ1) is 6.77. The minimum Gasteiger partial charge on any atom is -0.344 e. The molecule has 2 rings (SSSR count). The van der Waals surface area contributed by atoms with Crippen molar-refractivity contribution in [1.29, 1.82) is 0 Å². The van der Waals surface area contributed by atoms with Gasteiger partial charge in [-0.05, 0) is 18.8 Å². The van der Waals surface area contributed by atoms with E-state index in [-0.39, 0.29) is 11.9 Å². The van der Waals surface area contributed by atoms with Crippen LogP contribution in [-0.2, 0) is 4.79 Å². The maximum Gasteiger partial charge on any atom is 0.240 e. The average molecular weight is 214 g/mol. The molecule has 1 aliphatic carbocycles. The molecule has 0 bridgehead atoms. The van der Waals surface area contributed by atoms with E-state index in [2.05, 4.69) is 5.32 Å². The van der Waals surface area contributed by atoms with Crippen molar-refractivity contribution < 1.29 is 4.79 Å². The Morgan fingerprint density at radius 3 is 2.93 bits per heavy atom. The van der Waals surface area contributed by atoms with Crippen molar-refractivity contribution in [1.82, 2.24) is 10.2 Å². The lowest BCUT2D eigenvalue weighted by molar-refractivity contribution is -0.131. The summed E-state index contributed by atoms with van der Waals surface area (Å²) in [6, 6.07) is 0.0671. The Morgan fingerprint density at radius 1 is 1.57 bits per heavy atom. The van der Waals surface area contributed by atoms with Crippen LogP contribution in [0.4, 0.5) is 0 Å². The number of amides is 1. The largest absolute Gasteiger partial charge is 0.344 e. The molecule has 0 aromatic heterocycles. The molecule has 1 N–H and O–H groups in total. The summed E-state index contributed by atoms with van der Waals surface area (Å²) in [7, 11) is 1.93. The van der Waals surface area contributed by atoms with Crippen LogP contribution in [0.2, 0.25) is 0 Å². The molecular weight excluding hydrogens is 196 g/mol. The normalized spacial score (nSPS) is 27.4. The first-order valence-electron chi connectivity index (χ1n) is 5.33. The zero-order valence-corrected chi connectivity index (χ0v) is 9.48. The summed E-state index contributed by atoms with van der Waals surface area (Å²) in [6.07, 6.45) is 2.62. The summed E-state index contributed by atoms with van der Waals surface area (Å²) < 4.78 is 0. The number of carbonyl (C=O) groups is 1. The van der Waals surface area contributed by atoms with Crippen molar-refractivity contribution >= 4 is 17.7 Å². The summed E-state index contributed by atoms with van der Waals surface area (Å²) in [4.78, 5) is 13.8. The smallest absolute Gasteiger partial charge is 0.240 e. The van der Waals surface area contributed by atoms with Crippen LogP contribution < -0.4 is 5.32 Å². The number of rotatable bonds is 3. The fourth-order valence-corrected chi connectivity index (χ4v) is 2.69. The van der Waals surface area contributed by atoms with E-state index in [9.17, 15) is 4.79 Å². The van der Waals surface area contributed by atoms with Crippen LogP contribution in [0.3, 0.4) is 0 Å². The van der Waals surface area contributed by atoms with Gasteiger partial charge in [-0.25, -0.2) is 0 Å². The second-order valence-corrected chi connectivity index (χ2v) is 5.39. The van der Waals surface area contributed by atoms with Gasteiger partial charge in [-0.2, -0.15) is 11.8 Å². The van der Waals surface area contributed by atoms with Gasteiger partial charge < -0.3 is 10.2 Å². The highest BCUT2D eigenvalue weighted by Crippen LogP contribution is 2.29. The van der Waals surface area contributed by atoms with Gasteiger partial charge in [0.05, 0.1) is 6.04 Å². The first-order valence-corrected chi connectivity index (χ1v) is 6.49. The fourth-order valence-electron chi connectivity index (χ4n) is 1.77. The Kier molecular flexibility index (Phi) is 3.34. The maximum absolute atomic E-state index is 11.9. The second kappa shape index (κ2) is 4.53. The molecule has 2 aliphatic rings. The van der Waals surface area contributed by atoms with Gasteiger partial charge in [0.2, 0.25) is 5.91 Å². The Bertz CT molecular complexity index is 212. The predicted molar refractivity (Wildman–Crippen MR) is 59.5 cm³/mol. The van der Waals surface area contributed by atoms with Crippen molar-refractivity contribution in [2.45, 2.75) is 18.9 Å². The molecule has 0 aromatic carbocycles. The van der Waals surface area contributed by atoms with Crippen molar-refractivity contribution in [3.63, 3.8) is 0 Å². The molecule has 1 unspecified atom stereocenters. The van der Waals surface area contributed by atoms with Gasteiger partial charge in [0, 0.05) is 31.6 Å². The van der Waals surface area contributed by atoms with Crippen molar-refractivity contribution in [3.05, 3.63) is 0 Å². The van der Waals surface area contributed by atoms with Crippen LogP contribution in [0.15, 0.2) is 0 Å². The Hall–Kier alpha value is -0.220. The number of nitrogens with zero attached hydrogens (tertiary/aromatic N) is 1. The molecule has 0 radical (unpaired) electrons. The number of thioether (sulfide) groups is 1.